The van der Waals surface area contributed by atoms with Gasteiger partial charge in [-0.15, -0.1) is 0 Å². The first-order valence-electron chi connectivity index (χ1n) is 5.79. The molecule has 96 valence electrons. The molecule has 0 saturated heterocycles. The Balaban J connectivity index is 2.53. The van der Waals surface area contributed by atoms with Crippen LogP contribution in [0.25, 0.3) is 10.9 Å². The van der Waals surface area contributed by atoms with Gasteiger partial charge in [-0.2, -0.15) is 0 Å². The van der Waals surface area contributed by atoms with Gasteiger partial charge in [0.1, 0.15) is 6.04 Å². The SMILES string of the molecule is CNC(C(=O)O)C(N)c1c(C)[nH]c2ccccc12. The standard InChI is InChI=1S/C13H17N3O2/c1-7-10(11(14)12(15-2)13(17)18)8-5-3-4-6-9(8)16-7/h3-6,11-12,15-16H,14H2,1-2H3,(H,17,18). The number of hydrogen-bond acceptors (Lipinski definition) is 3. The monoisotopic (exact) mass is 247 g/mol. The van der Waals surface area contributed by atoms with Crippen molar-refractivity contribution in [1.82, 2.24) is 10.3 Å². The Kier molecular flexibility index (Phi) is 3.36. The van der Waals surface area contributed by atoms with Crippen LogP contribution in [0.1, 0.15) is 17.3 Å². The Labute approximate surface area is 105 Å². The highest BCUT2D eigenvalue weighted by atomic mass is 16.4. The number of fused-ring (bicyclic) bond motifs is 1. The van der Waals surface area contributed by atoms with Crippen molar-refractivity contribution in [3.63, 3.8) is 0 Å². The average molecular weight is 247 g/mol. The molecule has 0 fully saturated rings. The van der Waals surface area contributed by atoms with E-state index in [-0.39, 0.29) is 0 Å². The molecule has 1 aromatic heterocycles. The largest absolute Gasteiger partial charge is 0.480 e. The molecule has 0 radical (unpaired) electrons. The van der Waals surface area contributed by atoms with Crippen LogP contribution in [0.4, 0.5) is 0 Å². The summed E-state index contributed by atoms with van der Waals surface area (Å²) in [4.78, 5) is 14.4. The molecule has 0 bridgehead atoms. The van der Waals surface area contributed by atoms with Crippen molar-refractivity contribution in [3.8, 4) is 0 Å². The molecule has 2 aromatic rings. The van der Waals surface area contributed by atoms with E-state index in [1.54, 1.807) is 7.05 Å². The Morgan fingerprint density at radius 1 is 1.44 bits per heavy atom. The lowest BCUT2D eigenvalue weighted by molar-refractivity contribution is -0.139. The van der Waals surface area contributed by atoms with Gasteiger partial charge in [0.25, 0.3) is 0 Å². The van der Waals surface area contributed by atoms with Gasteiger partial charge in [-0.3, -0.25) is 4.79 Å². The van der Waals surface area contributed by atoms with Crippen molar-refractivity contribution < 1.29 is 9.90 Å². The molecule has 0 aliphatic carbocycles. The van der Waals surface area contributed by atoms with E-state index < -0.39 is 18.1 Å². The average Bonchev–Trinajstić information content (AvgIpc) is 2.64. The fourth-order valence-electron chi connectivity index (χ4n) is 2.35. The maximum atomic E-state index is 11.2. The Morgan fingerprint density at radius 3 is 2.72 bits per heavy atom. The molecule has 1 heterocycles. The maximum absolute atomic E-state index is 11.2. The summed E-state index contributed by atoms with van der Waals surface area (Å²) in [5, 5.41) is 12.9. The molecule has 5 nitrogen and oxygen atoms in total. The number of aliphatic carboxylic acids is 1. The quantitative estimate of drug-likeness (QED) is 0.652. The zero-order valence-corrected chi connectivity index (χ0v) is 10.4. The van der Waals surface area contributed by atoms with Gasteiger partial charge in [-0.1, -0.05) is 18.2 Å². The second-order valence-corrected chi connectivity index (χ2v) is 4.34. The molecule has 5 heteroatoms. The number of carboxylic acid groups (broad SMARTS) is 1. The summed E-state index contributed by atoms with van der Waals surface area (Å²) in [6.07, 6.45) is 0. The van der Waals surface area contributed by atoms with E-state index in [9.17, 15) is 4.79 Å². The summed E-state index contributed by atoms with van der Waals surface area (Å²) in [6, 6.07) is 6.35. The van der Waals surface area contributed by atoms with Gasteiger partial charge in [0.05, 0.1) is 6.04 Å². The van der Waals surface area contributed by atoms with Crippen LogP contribution in [0.2, 0.25) is 0 Å². The lowest BCUT2D eigenvalue weighted by atomic mass is 9.97. The zero-order chi connectivity index (χ0) is 13.3. The first-order valence-corrected chi connectivity index (χ1v) is 5.79. The third-order valence-electron chi connectivity index (χ3n) is 3.21. The number of aromatic nitrogens is 1. The summed E-state index contributed by atoms with van der Waals surface area (Å²) in [6.45, 7) is 1.91. The van der Waals surface area contributed by atoms with Crippen molar-refractivity contribution in [1.29, 1.82) is 0 Å². The number of benzene rings is 1. The number of likely N-dealkylation sites (N-methyl/N-ethyl adjacent to an activating group) is 1. The van der Waals surface area contributed by atoms with Gasteiger partial charge in [-0.05, 0) is 25.6 Å². The molecule has 0 aliphatic rings. The van der Waals surface area contributed by atoms with Crippen LogP contribution in [-0.4, -0.2) is 29.1 Å². The molecule has 18 heavy (non-hydrogen) atoms. The number of para-hydroxylation sites is 1. The minimum atomic E-state index is -0.949. The number of hydrogen-bond donors (Lipinski definition) is 4. The Hall–Kier alpha value is -1.85. The van der Waals surface area contributed by atoms with Crippen molar-refractivity contribution >= 4 is 16.9 Å². The summed E-state index contributed by atoms with van der Waals surface area (Å²) in [5.74, 6) is -0.949. The van der Waals surface area contributed by atoms with Crippen LogP contribution < -0.4 is 11.1 Å². The van der Waals surface area contributed by atoms with E-state index in [1.165, 1.54) is 0 Å². The second-order valence-electron chi connectivity index (χ2n) is 4.34. The molecular weight excluding hydrogens is 230 g/mol. The van der Waals surface area contributed by atoms with E-state index >= 15 is 0 Å². The van der Waals surface area contributed by atoms with E-state index in [2.05, 4.69) is 10.3 Å². The van der Waals surface area contributed by atoms with Crippen LogP contribution >= 0.6 is 0 Å². The number of carbonyl (C=O) groups is 1. The molecule has 0 aliphatic heterocycles. The van der Waals surface area contributed by atoms with E-state index in [4.69, 9.17) is 10.8 Å². The molecule has 0 saturated carbocycles. The Morgan fingerprint density at radius 2 is 2.11 bits per heavy atom. The molecule has 0 amide bonds. The highest BCUT2D eigenvalue weighted by Gasteiger charge is 2.28. The fourth-order valence-corrected chi connectivity index (χ4v) is 2.35. The summed E-state index contributed by atoms with van der Waals surface area (Å²) in [5.41, 5.74) is 8.83. The van der Waals surface area contributed by atoms with Crippen molar-refractivity contribution in [2.45, 2.75) is 19.0 Å². The maximum Gasteiger partial charge on any atom is 0.322 e. The van der Waals surface area contributed by atoms with Crippen LogP contribution in [0.3, 0.4) is 0 Å². The van der Waals surface area contributed by atoms with Crippen LogP contribution in [0.5, 0.6) is 0 Å². The van der Waals surface area contributed by atoms with Gasteiger partial charge >= 0.3 is 5.97 Å². The summed E-state index contributed by atoms with van der Waals surface area (Å²) < 4.78 is 0. The van der Waals surface area contributed by atoms with Crippen LogP contribution in [-0.2, 0) is 4.79 Å². The van der Waals surface area contributed by atoms with Gasteiger partial charge in [0, 0.05) is 16.6 Å². The minimum absolute atomic E-state index is 0.594. The first-order chi connectivity index (χ1) is 8.56. The number of aromatic amines is 1. The van der Waals surface area contributed by atoms with Crippen LogP contribution in [0, 0.1) is 6.92 Å². The van der Waals surface area contributed by atoms with Crippen LogP contribution in [0.15, 0.2) is 24.3 Å². The highest BCUT2D eigenvalue weighted by molar-refractivity contribution is 5.86. The fraction of sp³-hybridized carbons (Fsp3) is 0.308. The first kappa shape index (κ1) is 12.6. The zero-order valence-electron chi connectivity index (χ0n) is 10.4. The third kappa shape index (κ3) is 1.98. The molecule has 0 spiro atoms. The molecule has 2 rings (SSSR count). The van der Waals surface area contributed by atoms with Crippen molar-refractivity contribution in [2.75, 3.05) is 7.05 Å². The normalized spacial score (nSPS) is 14.6. The van der Waals surface area contributed by atoms with Gasteiger partial charge in [-0.25, -0.2) is 0 Å². The van der Waals surface area contributed by atoms with Gasteiger partial charge < -0.3 is 21.1 Å². The van der Waals surface area contributed by atoms with Crippen molar-refractivity contribution in [2.24, 2.45) is 5.73 Å². The third-order valence-corrected chi connectivity index (χ3v) is 3.21. The smallest absolute Gasteiger partial charge is 0.322 e. The van der Waals surface area contributed by atoms with Gasteiger partial charge in [0.15, 0.2) is 0 Å². The van der Waals surface area contributed by atoms with E-state index in [0.29, 0.717) is 0 Å². The Bertz CT molecular complexity index is 577. The predicted octanol–water partition coefficient (Wildman–Crippen LogP) is 1.15. The van der Waals surface area contributed by atoms with Gasteiger partial charge in [0.2, 0.25) is 0 Å². The van der Waals surface area contributed by atoms with Crippen molar-refractivity contribution in [3.05, 3.63) is 35.5 Å². The predicted molar refractivity (Wildman–Crippen MR) is 70.4 cm³/mol. The number of nitrogens with two attached hydrogens (primary N) is 1. The minimum Gasteiger partial charge on any atom is -0.480 e. The molecule has 1 aromatic carbocycles. The number of H-pyrrole nitrogens is 1. The highest BCUT2D eigenvalue weighted by Crippen LogP contribution is 2.28. The number of rotatable bonds is 4. The molecule has 5 N–H and O–H groups in total. The van der Waals surface area contributed by atoms with E-state index in [1.807, 2.05) is 31.2 Å². The lowest BCUT2D eigenvalue weighted by Crippen LogP contribution is -2.43. The number of aryl methyl sites for hydroxylation is 1. The summed E-state index contributed by atoms with van der Waals surface area (Å²) in [7, 11) is 1.60. The lowest BCUT2D eigenvalue weighted by Gasteiger charge is -2.20. The number of carboxylic acids is 1. The summed E-state index contributed by atoms with van der Waals surface area (Å²) >= 11 is 0. The molecular formula is C13H17N3O2. The van der Waals surface area contributed by atoms with E-state index in [0.717, 1.165) is 22.2 Å². The second kappa shape index (κ2) is 4.80. The topological polar surface area (TPSA) is 91.1 Å². The number of nitrogens with one attached hydrogen (secondary N) is 2. The molecule has 2 atom stereocenters. The molecule has 2 unspecified atom stereocenters.